The Morgan fingerprint density at radius 1 is 1.27 bits per heavy atom. The molecule has 0 radical (unpaired) electrons. The molecular formula is C17H17N3OS. The van der Waals surface area contributed by atoms with Gasteiger partial charge in [0.2, 0.25) is 0 Å². The highest BCUT2D eigenvalue weighted by molar-refractivity contribution is 7.22. The van der Waals surface area contributed by atoms with Crippen molar-refractivity contribution in [2.24, 2.45) is 5.92 Å². The molecular weight excluding hydrogens is 294 g/mol. The molecule has 1 fully saturated rings. The molecule has 1 aliphatic rings. The molecule has 22 heavy (non-hydrogen) atoms. The summed E-state index contributed by atoms with van der Waals surface area (Å²) in [7, 11) is 0. The van der Waals surface area contributed by atoms with Crippen LogP contribution in [0.4, 0.5) is 5.13 Å². The van der Waals surface area contributed by atoms with E-state index in [4.69, 9.17) is 4.74 Å². The third-order valence-corrected chi connectivity index (χ3v) is 4.68. The topological polar surface area (TPSA) is 47.0 Å². The first kappa shape index (κ1) is 13.5. The van der Waals surface area contributed by atoms with Gasteiger partial charge in [0.1, 0.15) is 5.75 Å². The molecule has 0 bridgehead atoms. The minimum atomic E-state index is 0.735. The Hall–Kier alpha value is -2.14. The smallest absolute Gasteiger partial charge is 0.184 e. The van der Waals surface area contributed by atoms with Gasteiger partial charge in [0.15, 0.2) is 5.13 Å². The van der Waals surface area contributed by atoms with E-state index in [-0.39, 0.29) is 0 Å². The van der Waals surface area contributed by atoms with Gasteiger partial charge < -0.3 is 10.1 Å². The average molecular weight is 311 g/mol. The number of ether oxygens (including phenoxy) is 1. The van der Waals surface area contributed by atoms with Crippen LogP contribution in [0.15, 0.2) is 42.7 Å². The van der Waals surface area contributed by atoms with Crippen molar-refractivity contribution < 1.29 is 4.74 Å². The van der Waals surface area contributed by atoms with Crippen LogP contribution in [0.25, 0.3) is 10.2 Å². The van der Waals surface area contributed by atoms with Crippen molar-refractivity contribution in [3.05, 3.63) is 48.3 Å². The van der Waals surface area contributed by atoms with Crippen LogP contribution in [0.5, 0.6) is 5.75 Å². The number of hydrogen-bond acceptors (Lipinski definition) is 5. The highest BCUT2D eigenvalue weighted by atomic mass is 32.1. The molecule has 1 N–H and O–H groups in total. The van der Waals surface area contributed by atoms with Gasteiger partial charge in [-0.3, -0.25) is 4.98 Å². The molecule has 0 unspecified atom stereocenters. The molecule has 3 aromatic rings. The van der Waals surface area contributed by atoms with Crippen LogP contribution < -0.4 is 10.1 Å². The van der Waals surface area contributed by atoms with Crippen LogP contribution in [0.3, 0.4) is 0 Å². The van der Waals surface area contributed by atoms with E-state index >= 15 is 0 Å². The fourth-order valence-corrected chi connectivity index (χ4v) is 3.14. The lowest BCUT2D eigenvalue weighted by molar-refractivity contribution is 0.300. The average Bonchev–Trinajstić information content (AvgIpc) is 3.30. The molecule has 1 saturated carbocycles. The number of rotatable bonds is 6. The number of thiazole rings is 1. The van der Waals surface area contributed by atoms with Crippen LogP contribution >= 0.6 is 11.3 Å². The fraction of sp³-hybridized carbons (Fsp3) is 0.294. The van der Waals surface area contributed by atoms with Crippen molar-refractivity contribution >= 4 is 26.7 Å². The van der Waals surface area contributed by atoms with E-state index in [1.807, 2.05) is 24.4 Å². The molecule has 4 nitrogen and oxygen atoms in total. The Labute approximate surface area is 133 Å². The Balaban J connectivity index is 1.45. The second kappa shape index (κ2) is 5.93. The molecule has 0 spiro atoms. The maximum Gasteiger partial charge on any atom is 0.184 e. The van der Waals surface area contributed by atoms with Gasteiger partial charge in [-0.05, 0) is 48.6 Å². The lowest BCUT2D eigenvalue weighted by atomic mass is 10.3. The normalized spacial score (nSPS) is 14.2. The summed E-state index contributed by atoms with van der Waals surface area (Å²) in [6.45, 7) is 1.58. The second-order valence-electron chi connectivity index (χ2n) is 5.62. The number of fused-ring (bicyclic) bond motifs is 1. The van der Waals surface area contributed by atoms with Crippen molar-refractivity contribution in [1.29, 1.82) is 0 Å². The second-order valence-corrected chi connectivity index (χ2v) is 6.65. The highest BCUT2D eigenvalue weighted by Crippen LogP contribution is 2.32. The lowest BCUT2D eigenvalue weighted by Crippen LogP contribution is -1.98. The van der Waals surface area contributed by atoms with Crippen LogP contribution in [0, 0.1) is 5.92 Å². The van der Waals surface area contributed by atoms with E-state index in [9.17, 15) is 0 Å². The zero-order valence-corrected chi connectivity index (χ0v) is 13.0. The monoisotopic (exact) mass is 311 g/mol. The molecule has 112 valence electrons. The van der Waals surface area contributed by atoms with Crippen molar-refractivity contribution in [3.63, 3.8) is 0 Å². The van der Waals surface area contributed by atoms with Crippen LogP contribution in [0.2, 0.25) is 0 Å². The van der Waals surface area contributed by atoms with Crippen molar-refractivity contribution in [1.82, 2.24) is 9.97 Å². The van der Waals surface area contributed by atoms with Gasteiger partial charge >= 0.3 is 0 Å². The first-order chi connectivity index (χ1) is 10.9. The highest BCUT2D eigenvalue weighted by Gasteiger charge is 2.21. The summed E-state index contributed by atoms with van der Waals surface area (Å²) in [5.74, 6) is 1.72. The number of nitrogens with one attached hydrogen (secondary N) is 1. The molecule has 4 rings (SSSR count). The first-order valence-corrected chi connectivity index (χ1v) is 8.35. The molecule has 0 atom stereocenters. The first-order valence-electron chi connectivity index (χ1n) is 7.53. The van der Waals surface area contributed by atoms with Gasteiger partial charge in [-0.15, -0.1) is 0 Å². The minimum Gasteiger partial charge on any atom is -0.493 e. The molecule has 0 saturated heterocycles. The van der Waals surface area contributed by atoms with E-state index in [1.54, 1.807) is 17.5 Å². The number of aromatic nitrogens is 2. The molecule has 0 amide bonds. The number of nitrogens with zero attached hydrogens (tertiary/aromatic N) is 2. The molecule has 5 heteroatoms. The van der Waals surface area contributed by atoms with Crippen LogP contribution in [-0.4, -0.2) is 16.6 Å². The van der Waals surface area contributed by atoms with Gasteiger partial charge in [0, 0.05) is 18.9 Å². The third-order valence-electron chi connectivity index (χ3n) is 3.71. The Morgan fingerprint density at radius 3 is 3.05 bits per heavy atom. The Bertz CT molecular complexity index is 768. The quantitative estimate of drug-likeness (QED) is 0.745. The van der Waals surface area contributed by atoms with Crippen LogP contribution in [0.1, 0.15) is 18.4 Å². The number of pyridine rings is 1. The Morgan fingerprint density at radius 2 is 2.23 bits per heavy atom. The largest absolute Gasteiger partial charge is 0.493 e. The van der Waals surface area contributed by atoms with Gasteiger partial charge in [-0.2, -0.15) is 0 Å². The van der Waals surface area contributed by atoms with Crippen molar-refractivity contribution in [2.75, 3.05) is 11.9 Å². The van der Waals surface area contributed by atoms with E-state index in [2.05, 4.69) is 27.4 Å². The zero-order valence-electron chi connectivity index (χ0n) is 12.2. The van der Waals surface area contributed by atoms with Crippen molar-refractivity contribution in [3.8, 4) is 5.75 Å². The maximum absolute atomic E-state index is 5.83. The summed E-state index contributed by atoms with van der Waals surface area (Å²) < 4.78 is 6.98. The summed E-state index contributed by atoms with van der Waals surface area (Å²) in [5, 5.41) is 4.29. The fourth-order valence-electron chi connectivity index (χ4n) is 2.25. The molecule has 2 heterocycles. The number of benzene rings is 1. The van der Waals surface area contributed by atoms with E-state index in [0.717, 1.165) is 45.7 Å². The number of anilines is 1. The molecule has 1 aliphatic carbocycles. The predicted molar refractivity (Wildman–Crippen MR) is 89.4 cm³/mol. The lowest BCUT2D eigenvalue weighted by Gasteiger charge is -2.03. The summed E-state index contributed by atoms with van der Waals surface area (Å²) in [5.41, 5.74) is 2.16. The standard InChI is InChI=1S/C17H17N3OS/c1-2-13(9-18-7-1)10-19-17-20-15-6-5-14(8-16(15)22-17)21-11-12-3-4-12/h1-2,5-9,12H,3-4,10-11H2,(H,19,20). The van der Waals surface area contributed by atoms with Crippen molar-refractivity contribution in [2.45, 2.75) is 19.4 Å². The number of hydrogen-bond donors (Lipinski definition) is 1. The zero-order chi connectivity index (χ0) is 14.8. The summed E-state index contributed by atoms with van der Waals surface area (Å²) in [6.07, 6.45) is 6.27. The van der Waals surface area contributed by atoms with Crippen LogP contribution in [-0.2, 0) is 6.54 Å². The molecule has 1 aromatic carbocycles. The maximum atomic E-state index is 5.83. The molecule has 0 aliphatic heterocycles. The summed E-state index contributed by atoms with van der Waals surface area (Å²) >= 11 is 1.66. The van der Waals surface area contributed by atoms with E-state index in [1.165, 1.54) is 12.8 Å². The summed E-state index contributed by atoms with van der Waals surface area (Å²) in [6, 6.07) is 10.1. The predicted octanol–water partition coefficient (Wildman–Crippen LogP) is 4.09. The third kappa shape index (κ3) is 3.20. The van der Waals surface area contributed by atoms with Gasteiger partial charge in [-0.1, -0.05) is 17.4 Å². The minimum absolute atomic E-state index is 0.735. The van der Waals surface area contributed by atoms with Gasteiger partial charge in [0.05, 0.1) is 16.8 Å². The van der Waals surface area contributed by atoms with Gasteiger partial charge in [0.25, 0.3) is 0 Å². The molecule has 2 aromatic heterocycles. The van der Waals surface area contributed by atoms with E-state index in [0.29, 0.717) is 0 Å². The van der Waals surface area contributed by atoms with Gasteiger partial charge in [-0.25, -0.2) is 4.98 Å². The van der Waals surface area contributed by atoms with E-state index < -0.39 is 0 Å². The summed E-state index contributed by atoms with van der Waals surface area (Å²) in [4.78, 5) is 8.73. The SMILES string of the molecule is c1cncc(CNc2nc3ccc(OCC4CC4)cc3s2)c1. The Kier molecular flexibility index (Phi) is 3.64.